The number of hydrazone groups is 1. The lowest BCUT2D eigenvalue weighted by Gasteiger charge is -2.13. The van der Waals surface area contributed by atoms with E-state index >= 15 is 0 Å². The van der Waals surface area contributed by atoms with Gasteiger partial charge in [0.05, 0.1) is 24.9 Å². The maximum atomic E-state index is 13.0. The molecular weight excluding hydrogens is 467 g/mol. The molecule has 0 bridgehead atoms. The zero-order chi connectivity index (χ0) is 22.2. The number of carbonyl (C=O) groups excluding carboxylic acids is 1. The summed E-state index contributed by atoms with van der Waals surface area (Å²) in [5, 5.41) is 4.00. The third-order valence-corrected chi connectivity index (χ3v) is 4.87. The largest absolute Gasteiger partial charge is 0.497 e. The van der Waals surface area contributed by atoms with Crippen LogP contribution in [0.15, 0.2) is 70.2 Å². The van der Waals surface area contributed by atoms with Gasteiger partial charge in [-0.2, -0.15) is 5.10 Å². The quantitative estimate of drug-likeness (QED) is 0.361. The molecule has 0 fully saturated rings. The van der Waals surface area contributed by atoms with Crippen LogP contribution < -0.4 is 19.6 Å². The summed E-state index contributed by atoms with van der Waals surface area (Å²) in [6.07, 6.45) is 1.50. The molecule has 8 heteroatoms. The minimum atomic E-state index is -0.343. The van der Waals surface area contributed by atoms with Gasteiger partial charge >= 0.3 is 0 Å². The molecule has 0 saturated heterocycles. The molecule has 3 rings (SSSR count). The standard InChI is InChI=1S/C23H20BrFN2O4/c1-29-19-9-5-17(6-10-19)23(28)27-26-13-16-11-20(24)22(21(12-16)30-2)31-14-15-3-7-18(25)8-4-15/h3-13H,14H2,1-2H3,(H,27,28)/b26-13-. The van der Waals surface area contributed by atoms with Crippen molar-refractivity contribution in [3.8, 4) is 17.2 Å². The summed E-state index contributed by atoms with van der Waals surface area (Å²) in [7, 11) is 3.09. The van der Waals surface area contributed by atoms with Crippen molar-refractivity contribution in [2.45, 2.75) is 6.61 Å². The van der Waals surface area contributed by atoms with E-state index in [-0.39, 0.29) is 18.3 Å². The van der Waals surface area contributed by atoms with Crippen molar-refractivity contribution in [2.75, 3.05) is 14.2 Å². The highest BCUT2D eigenvalue weighted by atomic mass is 79.9. The van der Waals surface area contributed by atoms with Crippen molar-refractivity contribution in [3.05, 3.63) is 87.6 Å². The second kappa shape index (κ2) is 10.6. The maximum absolute atomic E-state index is 13.0. The van der Waals surface area contributed by atoms with Crippen molar-refractivity contribution >= 4 is 28.1 Å². The maximum Gasteiger partial charge on any atom is 0.271 e. The van der Waals surface area contributed by atoms with E-state index in [2.05, 4.69) is 26.5 Å². The zero-order valence-corrected chi connectivity index (χ0v) is 18.5. The lowest BCUT2D eigenvalue weighted by atomic mass is 10.2. The first kappa shape index (κ1) is 22.3. The smallest absolute Gasteiger partial charge is 0.271 e. The number of carbonyl (C=O) groups is 1. The Bertz CT molecular complexity index is 1070. The van der Waals surface area contributed by atoms with Gasteiger partial charge in [-0.05, 0) is 75.6 Å². The summed E-state index contributed by atoms with van der Waals surface area (Å²) in [6.45, 7) is 0.251. The number of methoxy groups -OCH3 is 2. The highest BCUT2D eigenvalue weighted by molar-refractivity contribution is 9.10. The Morgan fingerprint density at radius 2 is 1.77 bits per heavy atom. The molecule has 0 radical (unpaired) electrons. The number of benzene rings is 3. The third kappa shape index (κ3) is 6.05. The molecule has 1 amide bonds. The van der Waals surface area contributed by atoms with Gasteiger partial charge in [-0.25, -0.2) is 9.82 Å². The van der Waals surface area contributed by atoms with Crippen LogP contribution in [0.1, 0.15) is 21.5 Å². The number of hydrogen-bond donors (Lipinski definition) is 1. The van der Waals surface area contributed by atoms with E-state index in [1.54, 1.807) is 55.6 Å². The summed E-state index contributed by atoms with van der Waals surface area (Å²) < 4.78 is 30.0. The number of hydrogen-bond acceptors (Lipinski definition) is 5. The molecule has 0 unspecified atom stereocenters. The van der Waals surface area contributed by atoms with Crippen LogP contribution in [0.2, 0.25) is 0 Å². The Morgan fingerprint density at radius 1 is 1.06 bits per heavy atom. The summed E-state index contributed by atoms with van der Waals surface area (Å²) in [5.41, 5.74) is 4.45. The number of ether oxygens (including phenoxy) is 3. The molecular formula is C23H20BrFN2O4. The lowest BCUT2D eigenvalue weighted by Crippen LogP contribution is -2.17. The second-order valence-electron chi connectivity index (χ2n) is 6.38. The molecule has 0 heterocycles. The van der Waals surface area contributed by atoms with Crippen molar-refractivity contribution in [3.63, 3.8) is 0 Å². The number of nitrogens with zero attached hydrogens (tertiary/aromatic N) is 1. The summed E-state index contributed by atoms with van der Waals surface area (Å²) in [5.74, 6) is 1.01. The van der Waals surface area contributed by atoms with Gasteiger partial charge in [0.15, 0.2) is 11.5 Å². The van der Waals surface area contributed by atoms with E-state index in [1.807, 2.05) is 0 Å². The average Bonchev–Trinajstić information content (AvgIpc) is 2.79. The van der Waals surface area contributed by atoms with Crippen LogP contribution in [0.5, 0.6) is 17.2 Å². The van der Waals surface area contributed by atoms with Crippen LogP contribution in [0.25, 0.3) is 0 Å². The van der Waals surface area contributed by atoms with Crippen molar-refractivity contribution in [2.24, 2.45) is 5.10 Å². The Labute approximate surface area is 187 Å². The fraction of sp³-hybridized carbons (Fsp3) is 0.130. The molecule has 1 N–H and O–H groups in total. The van der Waals surface area contributed by atoms with E-state index in [4.69, 9.17) is 14.2 Å². The summed E-state index contributed by atoms with van der Waals surface area (Å²) in [4.78, 5) is 12.2. The summed E-state index contributed by atoms with van der Waals surface area (Å²) in [6, 6.07) is 16.3. The van der Waals surface area contributed by atoms with Gasteiger partial charge in [0.2, 0.25) is 0 Å². The van der Waals surface area contributed by atoms with Gasteiger partial charge in [0, 0.05) is 5.56 Å². The normalized spacial score (nSPS) is 10.7. The monoisotopic (exact) mass is 486 g/mol. The first-order chi connectivity index (χ1) is 15.0. The molecule has 0 spiro atoms. The molecule has 31 heavy (non-hydrogen) atoms. The topological polar surface area (TPSA) is 69.2 Å². The van der Waals surface area contributed by atoms with Crippen molar-refractivity contribution < 1.29 is 23.4 Å². The molecule has 0 aromatic heterocycles. The second-order valence-corrected chi connectivity index (χ2v) is 7.23. The van der Waals surface area contributed by atoms with Crippen molar-refractivity contribution in [1.82, 2.24) is 5.43 Å². The molecule has 0 atom stereocenters. The van der Waals surface area contributed by atoms with Gasteiger partial charge in [0.25, 0.3) is 5.91 Å². The number of rotatable bonds is 8. The number of amides is 1. The van der Waals surface area contributed by atoms with Crippen LogP contribution in [0, 0.1) is 5.82 Å². The van der Waals surface area contributed by atoms with Crippen LogP contribution in [0.3, 0.4) is 0 Å². The molecule has 0 aliphatic carbocycles. The first-order valence-electron chi connectivity index (χ1n) is 9.22. The molecule has 0 aliphatic heterocycles. The van der Waals surface area contributed by atoms with E-state index in [0.717, 1.165) is 5.56 Å². The lowest BCUT2D eigenvalue weighted by molar-refractivity contribution is 0.0955. The Balaban J connectivity index is 1.66. The number of halogens is 2. The molecule has 0 aliphatic rings. The fourth-order valence-electron chi connectivity index (χ4n) is 2.66. The van der Waals surface area contributed by atoms with Crippen LogP contribution in [-0.2, 0) is 6.61 Å². The SMILES string of the molecule is COc1ccc(C(=O)N/N=C\c2cc(Br)c(OCc3ccc(F)cc3)c(OC)c2)cc1. The Hall–Kier alpha value is -3.39. The number of nitrogens with one attached hydrogen (secondary N) is 1. The van der Waals surface area contributed by atoms with E-state index in [0.29, 0.717) is 32.8 Å². The Morgan fingerprint density at radius 3 is 2.42 bits per heavy atom. The fourth-order valence-corrected chi connectivity index (χ4v) is 3.24. The van der Waals surface area contributed by atoms with E-state index in [9.17, 15) is 9.18 Å². The Kier molecular flexibility index (Phi) is 7.61. The van der Waals surface area contributed by atoms with Gasteiger partial charge in [-0.1, -0.05) is 12.1 Å². The molecule has 6 nitrogen and oxygen atoms in total. The van der Waals surface area contributed by atoms with Crippen LogP contribution in [-0.4, -0.2) is 26.3 Å². The third-order valence-electron chi connectivity index (χ3n) is 4.28. The van der Waals surface area contributed by atoms with Crippen LogP contribution >= 0.6 is 15.9 Å². The minimum absolute atomic E-state index is 0.251. The molecule has 0 saturated carbocycles. The van der Waals surface area contributed by atoms with Gasteiger partial charge in [0.1, 0.15) is 18.2 Å². The predicted molar refractivity (Wildman–Crippen MR) is 119 cm³/mol. The molecule has 160 valence electrons. The van der Waals surface area contributed by atoms with Crippen molar-refractivity contribution in [1.29, 1.82) is 0 Å². The average molecular weight is 487 g/mol. The van der Waals surface area contributed by atoms with Gasteiger partial charge < -0.3 is 14.2 Å². The highest BCUT2D eigenvalue weighted by Gasteiger charge is 2.12. The van der Waals surface area contributed by atoms with E-state index < -0.39 is 0 Å². The predicted octanol–water partition coefficient (Wildman–Crippen LogP) is 4.95. The zero-order valence-electron chi connectivity index (χ0n) is 16.9. The van der Waals surface area contributed by atoms with Crippen LogP contribution in [0.4, 0.5) is 4.39 Å². The molecule has 3 aromatic rings. The first-order valence-corrected chi connectivity index (χ1v) is 10.0. The van der Waals surface area contributed by atoms with Gasteiger partial charge in [-0.3, -0.25) is 4.79 Å². The minimum Gasteiger partial charge on any atom is -0.497 e. The summed E-state index contributed by atoms with van der Waals surface area (Å²) >= 11 is 3.47. The highest BCUT2D eigenvalue weighted by Crippen LogP contribution is 2.36. The van der Waals surface area contributed by atoms with E-state index in [1.165, 1.54) is 25.5 Å². The van der Waals surface area contributed by atoms with Gasteiger partial charge in [-0.15, -0.1) is 0 Å². The molecule has 3 aromatic carbocycles.